The van der Waals surface area contributed by atoms with Crippen LogP contribution in [0, 0.1) is 0 Å². The number of hydrogen-bond acceptors (Lipinski definition) is 4. The molecule has 7 heteroatoms. The number of thiazole rings is 1. The number of aryl methyl sites for hydroxylation is 1. The number of rotatable bonds is 6. The van der Waals surface area contributed by atoms with Crippen LogP contribution in [0.1, 0.15) is 23.5 Å². The fourth-order valence-corrected chi connectivity index (χ4v) is 2.82. The van der Waals surface area contributed by atoms with Gasteiger partial charge in [0.2, 0.25) is 5.91 Å². The third kappa shape index (κ3) is 3.20. The Morgan fingerprint density at radius 1 is 1.44 bits per heavy atom. The number of nitrogens with one attached hydrogen (secondary N) is 1. The number of halogens is 1. The second-order valence-corrected chi connectivity index (χ2v) is 5.24. The summed E-state index contributed by atoms with van der Waals surface area (Å²) in [4.78, 5) is 28.2. The summed E-state index contributed by atoms with van der Waals surface area (Å²) in [5.41, 5.74) is 0.908. The van der Waals surface area contributed by atoms with Crippen molar-refractivity contribution in [1.29, 1.82) is 0 Å². The lowest BCUT2D eigenvalue weighted by Crippen LogP contribution is -2.31. The van der Waals surface area contributed by atoms with Crippen molar-refractivity contribution in [1.82, 2.24) is 15.2 Å². The summed E-state index contributed by atoms with van der Waals surface area (Å²) in [7, 11) is 0. The fourth-order valence-electron chi connectivity index (χ4n) is 1.75. The quantitative estimate of drug-likeness (QED) is 0.493. The number of aromatic nitrogens is 1. The lowest BCUT2D eigenvalue weighted by atomic mass is 10.2. The second kappa shape index (κ2) is 6.15. The second-order valence-electron chi connectivity index (χ2n) is 4.03. The maximum atomic E-state index is 11.3. The molecule has 0 atom stereocenters. The predicted octanol–water partition coefficient (Wildman–Crippen LogP) is 1.76. The first-order valence-electron chi connectivity index (χ1n) is 5.78. The van der Waals surface area contributed by atoms with E-state index in [-0.39, 0.29) is 18.5 Å². The van der Waals surface area contributed by atoms with Gasteiger partial charge in [-0.15, -0.1) is 22.9 Å². The largest absolute Gasteiger partial charge is 0.329 e. The van der Waals surface area contributed by atoms with Gasteiger partial charge in [0, 0.05) is 11.9 Å². The molecule has 0 bridgehead atoms. The van der Waals surface area contributed by atoms with E-state index in [2.05, 4.69) is 10.3 Å². The third-order valence-electron chi connectivity index (χ3n) is 2.70. The number of imide groups is 1. The van der Waals surface area contributed by atoms with Gasteiger partial charge in [-0.1, -0.05) is 0 Å². The van der Waals surface area contributed by atoms with Gasteiger partial charge < -0.3 is 5.32 Å². The maximum absolute atomic E-state index is 11.3. The smallest absolute Gasteiger partial charge is 0.324 e. The van der Waals surface area contributed by atoms with Crippen molar-refractivity contribution in [3.8, 4) is 0 Å². The third-order valence-corrected chi connectivity index (χ3v) is 3.93. The summed E-state index contributed by atoms with van der Waals surface area (Å²) in [5, 5.41) is 5.52. The van der Waals surface area contributed by atoms with E-state index < -0.39 is 0 Å². The Balaban J connectivity index is 1.69. The number of amides is 3. The Morgan fingerprint density at radius 3 is 2.89 bits per heavy atom. The van der Waals surface area contributed by atoms with Gasteiger partial charge in [0.1, 0.15) is 0 Å². The van der Waals surface area contributed by atoms with E-state index in [0.717, 1.165) is 30.0 Å². The van der Waals surface area contributed by atoms with Crippen molar-refractivity contribution in [2.24, 2.45) is 0 Å². The molecule has 0 aromatic carbocycles. The fraction of sp³-hybridized carbons (Fsp3) is 0.545. The van der Waals surface area contributed by atoms with Crippen LogP contribution in [0.4, 0.5) is 4.79 Å². The first-order chi connectivity index (χ1) is 8.70. The maximum Gasteiger partial charge on any atom is 0.324 e. The zero-order chi connectivity index (χ0) is 13.0. The molecular weight excluding hydrogens is 274 g/mol. The van der Waals surface area contributed by atoms with Gasteiger partial charge in [-0.2, -0.15) is 0 Å². The highest BCUT2D eigenvalue weighted by Gasteiger charge is 2.27. The van der Waals surface area contributed by atoms with Crippen molar-refractivity contribution >= 4 is 34.9 Å². The standard InChI is InChI=1S/C11H14ClN3O2S/c12-5-8-7-18-9(14-8)3-1-2-4-15-10(16)6-13-11(15)17/h7H,1-6H2,(H,13,17). The summed E-state index contributed by atoms with van der Waals surface area (Å²) in [6.45, 7) is 0.614. The van der Waals surface area contributed by atoms with Crippen LogP contribution in [-0.4, -0.2) is 34.9 Å². The van der Waals surface area contributed by atoms with Crippen LogP contribution < -0.4 is 5.32 Å². The molecule has 0 saturated carbocycles. The Bertz CT molecular complexity index is 433. The molecule has 0 unspecified atom stereocenters. The van der Waals surface area contributed by atoms with Gasteiger partial charge in [0.15, 0.2) is 0 Å². The minimum Gasteiger partial charge on any atom is -0.329 e. The average Bonchev–Trinajstić information content (AvgIpc) is 2.94. The van der Waals surface area contributed by atoms with E-state index in [9.17, 15) is 9.59 Å². The van der Waals surface area contributed by atoms with Crippen molar-refractivity contribution in [3.05, 3.63) is 16.1 Å². The van der Waals surface area contributed by atoms with Crippen molar-refractivity contribution < 1.29 is 9.59 Å². The molecule has 1 aliphatic rings. The van der Waals surface area contributed by atoms with Gasteiger partial charge in [-0.25, -0.2) is 9.78 Å². The number of hydrogen-bond donors (Lipinski definition) is 1. The highest BCUT2D eigenvalue weighted by atomic mass is 35.5. The monoisotopic (exact) mass is 287 g/mol. The number of nitrogens with zero attached hydrogens (tertiary/aromatic N) is 2. The summed E-state index contributed by atoms with van der Waals surface area (Å²) < 4.78 is 0. The molecule has 18 heavy (non-hydrogen) atoms. The number of unbranched alkanes of at least 4 members (excludes halogenated alkanes) is 1. The van der Waals surface area contributed by atoms with Gasteiger partial charge in [-0.05, 0) is 19.3 Å². The predicted molar refractivity (Wildman–Crippen MR) is 69.7 cm³/mol. The van der Waals surface area contributed by atoms with Crippen LogP contribution in [0.5, 0.6) is 0 Å². The molecular formula is C11H14ClN3O2S. The highest BCUT2D eigenvalue weighted by Crippen LogP contribution is 2.14. The van der Waals surface area contributed by atoms with Crippen molar-refractivity contribution in [2.75, 3.05) is 13.1 Å². The van der Waals surface area contributed by atoms with Crippen LogP contribution in [-0.2, 0) is 17.1 Å². The first kappa shape index (κ1) is 13.3. The molecule has 0 aliphatic carbocycles. The summed E-state index contributed by atoms with van der Waals surface area (Å²) in [6.07, 6.45) is 2.58. The highest BCUT2D eigenvalue weighted by molar-refractivity contribution is 7.09. The van der Waals surface area contributed by atoms with Crippen LogP contribution >= 0.6 is 22.9 Å². The summed E-state index contributed by atoms with van der Waals surface area (Å²) in [6, 6.07) is -0.279. The molecule has 1 aliphatic heterocycles. The minimum absolute atomic E-state index is 0.129. The van der Waals surface area contributed by atoms with E-state index in [1.165, 1.54) is 4.90 Å². The van der Waals surface area contributed by atoms with Crippen LogP contribution in [0.15, 0.2) is 5.38 Å². The van der Waals surface area contributed by atoms with Crippen LogP contribution in [0.25, 0.3) is 0 Å². The molecule has 1 N–H and O–H groups in total. The number of urea groups is 1. The van der Waals surface area contributed by atoms with Crippen molar-refractivity contribution in [2.45, 2.75) is 25.1 Å². The molecule has 98 valence electrons. The Kier molecular flexibility index (Phi) is 4.54. The normalized spacial score (nSPS) is 15.3. The number of carbonyl (C=O) groups excluding carboxylic acids is 2. The van der Waals surface area contributed by atoms with Gasteiger partial charge in [-0.3, -0.25) is 9.69 Å². The van der Waals surface area contributed by atoms with Gasteiger partial charge in [0.25, 0.3) is 0 Å². The zero-order valence-corrected chi connectivity index (χ0v) is 11.4. The van der Waals surface area contributed by atoms with Crippen LogP contribution in [0.3, 0.4) is 0 Å². The topological polar surface area (TPSA) is 62.3 Å². The first-order valence-corrected chi connectivity index (χ1v) is 7.19. The van der Waals surface area contributed by atoms with E-state index in [1.807, 2.05) is 5.38 Å². The van der Waals surface area contributed by atoms with Crippen molar-refractivity contribution in [3.63, 3.8) is 0 Å². The Labute approximate surface area is 114 Å². The van der Waals surface area contributed by atoms with E-state index in [0.29, 0.717) is 12.4 Å². The molecule has 1 aromatic rings. The molecule has 1 fully saturated rings. The molecule has 1 saturated heterocycles. The summed E-state index contributed by atoms with van der Waals surface area (Å²) in [5.74, 6) is 0.303. The van der Waals surface area contributed by atoms with Gasteiger partial charge >= 0.3 is 6.03 Å². The lowest BCUT2D eigenvalue weighted by Gasteiger charge is -2.11. The average molecular weight is 288 g/mol. The minimum atomic E-state index is -0.279. The number of carbonyl (C=O) groups is 2. The molecule has 3 amide bonds. The summed E-state index contributed by atoms with van der Waals surface area (Å²) >= 11 is 7.28. The zero-order valence-electron chi connectivity index (χ0n) is 9.82. The Morgan fingerprint density at radius 2 is 2.28 bits per heavy atom. The molecule has 2 heterocycles. The van der Waals surface area contributed by atoms with E-state index >= 15 is 0 Å². The number of alkyl halides is 1. The molecule has 5 nitrogen and oxygen atoms in total. The van der Waals surface area contributed by atoms with Crippen LogP contribution in [0.2, 0.25) is 0 Å². The molecule has 0 spiro atoms. The van der Waals surface area contributed by atoms with Gasteiger partial charge in [0.05, 0.1) is 23.1 Å². The van der Waals surface area contributed by atoms with E-state index in [4.69, 9.17) is 11.6 Å². The SMILES string of the molecule is O=C1CNC(=O)N1CCCCc1nc(CCl)cs1. The lowest BCUT2D eigenvalue weighted by molar-refractivity contribution is -0.125. The Hall–Kier alpha value is -1.14. The molecule has 0 radical (unpaired) electrons. The molecule has 2 rings (SSSR count). The molecule has 1 aromatic heterocycles. The van der Waals surface area contributed by atoms with E-state index in [1.54, 1.807) is 11.3 Å².